The minimum absolute atomic E-state index is 0.199. The average molecular weight is 221 g/mol. The molecule has 11 heavy (non-hydrogen) atoms. The maximum atomic E-state index is 10.6. The van der Waals surface area contributed by atoms with Crippen LogP contribution in [0.25, 0.3) is 0 Å². The molecule has 0 spiro atoms. The Morgan fingerprint density at radius 3 is 2.82 bits per heavy atom. The van der Waals surface area contributed by atoms with Crippen molar-refractivity contribution in [1.82, 2.24) is 0 Å². The van der Waals surface area contributed by atoms with Crippen molar-refractivity contribution < 1.29 is 9.53 Å². The molecular formula is C8H13BrO2. The van der Waals surface area contributed by atoms with Gasteiger partial charge in [0.05, 0.1) is 6.61 Å². The molecule has 0 aliphatic heterocycles. The number of ether oxygens (including phenoxy) is 1. The molecule has 64 valence electrons. The van der Waals surface area contributed by atoms with Crippen molar-refractivity contribution in [3.05, 3.63) is 12.2 Å². The number of esters is 1. The molecule has 0 saturated carbocycles. The van der Waals surface area contributed by atoms with Gasteiger partial charge in [-0.2, -0.15) is 0 Å². The zero-order valence-electron chi connectivity index (χ0n) is 6.68. The number of halogens is 1. The predicted octanol–water partition coefficient (Wildman–Crippen LogP) is 2.28. The smallest absolute Gasteiger partial charge is 0.316 e. The molecule has 0 amide bonds. The molecule has 0 aliphatic carbocycles. The number of rotatable bonds is 5. The van der Waals surface area contributed by atoms with Crippen molar-refractivity contribution in [1.29, 1.82) is 0 Å². The summed E-state index contributed by atoms with van der Waals surface area (Å²) in [6.45, 7) is 2.56. The molecule has 0 radical (unpaired) electrons. The summed E-state index contributed by atoms with van der Waals surface area (Å²) >= 11 is 3.01. The fraction of sp³-hybridized carbons (Fsp3) is 0.625. The Balaban J connectivity index is 3.14. The van der Waals surface area contributed by atoms with Gasteiger partial charge in [0.15, 0.2) is 0 Å². The maximum Gasteiger partial charge on any atom is 0.316 e. The third-order valence-electron chi connectivity index (χ3n) is 1.06. The Kier molecular flexibility index (Phi) is 7.57. The lowest BCUT2D eigenvalue weighted by Crippen LogP contribution is -2.05. The van der Waals surface area contributed by atoms with Gasteiger partial charge in [0, 0.05) is 0 Å². The number of carbonyl (C=O) groups is 1. The van der Waals surface area contributed by atoms with Crippen molar-refractivity contribution >= 4 is 21.9 Å². The summed E-state index contributed by atoms with van der Waals surface area (Å²) in [7, 11) is 0. The summed E-state index contributed by atoms with van der Waals surface area (Å²) in [5.74, 6) is -0.199. The zero-order valence-corrected chi connectivity index (χ0v) is 8.26. The van der Waals surface area contributed by atoms with E-state index in [2.05, 4.69) is 28.9 Å². The summed E-state index contributed by atoms with van der Waals surface area (Å²) in [6, 6.07) is 0. The monoisotopic (exact) mass is 220 g/mol. The third-order valence-corrected chi connectivity index (χ3v) is 1.52. The maximum absolute atomic E-state index is 10.6. The van der Waals surface area contributed by atoms with Crippen LogP contribution in [-0.2, 0) is 9.53 Å². The van der Waals surface area contributed by atoms with E-state index >= 15 is 0 Å². The van der Waals surface area contributed by atoms with Gasteiger partial charge >= 0.3 is 5.97 Å². The van der Waals surface area contributed by atoms with Gasteiger partial charge in [-0.25, -0.2) is 0 Å². The molecule has 0 atom stereocenters. The first-order valence-electron chi connectivity index (χ1n) is 3.67. The normalized spacial score (nSPS) is 10.4. The minimum Gasteiger partial charge on any atom is -0.465 e. The van der Waals surface area contributed by atoms with Crippen molar-refractivity contribution in [3.8, 4) is 0 Å². The van der Waals surface area contributed by atoms with Crippen LogP contribution >= 0.6 is 15.9 Å². The lowest BCUT2D eigenvalue weighted by Gasteiger charge is -1.97. The second-order valence-corrected chi connectivity index (χ2v) is 2.58. The molecule has 0 saturated heterocycles. The second-order valence-electron chi connectivity index (χ2n) is 2.02. The molecule has 3 heteroatoms. The van der Waals surface area contributed by atoms with E-state index < -0.39 is 0 Å². The highest BCUT2D eigenvalue weighted by molar-refractivity contribution is 9.09. The summed E-state index contributed by atoms with van der Waals surface area (Å²) in [4.78, 5) is 10.6. The highest BCUT2D eigenvalue weighted by atomic mass is 79.9. The zero-order chi connectivity index (χ0) is 8.53. The Labute approximate surface area is 75.7 Å². The van der Waals surface area contributed by atoms with E-state index in [4.69, 9.17) is 4.74 Å². The van der Waals surface area contributed by atoms with Crippen LogP contribution < -0.4 is 0 Å². The summed E-state index contributed by atoms with van der Waals surface area (Å²) in [6.07, 6.45) is 5.92. The van der Waals surface area contributed by atoms with Gasteiger partial charge in [-0.15, -0.1) is 0 Å². The van der Waals surface area contributed by atoms with Gasteiger partial charge in [0.25, 0.3) is 0 Å². The number of allylic oxidation sites excluding steroid dienone is 1. The first kappa shape index (κ1) is 10.7. The van der Waals surface area contributed by atoms with E-state index in [0.717, 1.165) is 12.8 Å². The van der Waals surface area contributed by atoms with Crippen LogP contribution in [-0.4, -0.2) is 17.9 Å². The first-order valence-corrected chi connectivity index (χ1v) is 4.80. The van der Waals surface area contributed by atoms with Crippen LogP contribution in [0.1, 0.15) is 19.8 Å². The standard InChI is InChI=1S/C8H13BrO2/c1-2-3-4-5-6-11-8(10)7-9/h3-4H,2,5-7H2,1H3/b4-3-. The molecule has 0 N–H and O–H groups in total. The van der Waals surface area contributed by atoms with Gasteiger partial charge in [-0.3, -0.25) is 4.79 Å². The molecule has 0 aliphatic rings. The number of alkyl halides is 1. The molecule has 0 bridgehead atoms. The van der Waals surface area contributed by atoms with E-state index in [0.29, 0.717) is 6.61 Å². The van der Waals surface area contributed by atoms with E-state index in [-0.39, 0.29) is 11.3 Å². The third kappa shape index (κ3) is 7.59. The second kappa shape index (κ2) is 7.79. The summed E-state index contributed by atoms with van der Waals surface area (Å²) < 4.78 is 4.80. The van der Waals surface area contributed by atoms with Crippen molar-refractivity contribution in [2.45, 2.75) is 19.8 Å². The summed E-state index contributed by atoms with van der Waals surface area (Å²) in [5, 5.41) is 0.282. The molecular weight excluding hydrogens is 208 g/mol. The predicted molar refractivity (Wildman–Crippen MR) is 48.8 cm³/mol. The van der Waals surface area contributed by atoms with Crippen molar-refractivity contribution in [2.24, 2.45) is 0 Å². The van der Waals surface area contributed by atoms with E-state index in [1.807, 2.05) is 6.08 Å². The van der Waals surface area contributed by atoms with E-state index in [9.17, 15) is 4.79 Å². The first-order chi connectivity index (χ1) is 5.31. The largest absolute Gasteiger partial charge is 0.465 e. The quantitative estimate of drug-likeness (QED) is 0.308. The molecule has 0 fully saturated rings. The number of hydrogen-bond acceptors (Lipinski definition) is 2. The van der Waals surface area contributed by atoms with Crippen molar-refractivity contribution in [3.63, 3.8) is 0 Å². The Bertz CT molecular complexity index is 132. The molecule has 2 nitrogen and oxygen atoms in total. The molecule has 0 aromatic heterocycles. The molecule has 0 aromatic rings. The Morgan fingerprint density at radius 2 is 2.27 bits per heavy atom. The van der Waals surface area contributed by atoms with Gasteiger partial charge < -0.3 is 4.74 Å². The molecule has 0 unspecified atom stereocenters. The van der Waals surface area contributed by atoms with Gasteiger partial charge in [-0.05, 0) is 12.8 Å². The number of carbonyl (C=O) groups excluding carboxylic acids is 1. The fourth-order valence-electron chi connectivity index (χ4n) is 0.564. The fourth-order valence-corrected chi connectivity index (χ4v) is 0.726. The van der Waals surface area contributed by atoms with Crippen LogP contribution in [0.15, 0.2) is 12.2 Å². The average Bonchev–Trinajstić information content (AvgIpc) is 2.04. The van der Waals surface area contributed by atoms with Gasteiger partial charge in [0.2, 0.25) is 0 Å². The minimum atomic E-state index is -0.199. The van der Waals surface area contributed by atoms with Crippen molar-refractivity contribution in [2.75, 3.05) is 11.9 Å². The van der Waals surface area contributed by atoms with Crippen LogP contribution in [0.4, 0.5) is 0 Å². The molecule has 0 aromatic carbocycles. The Morgan fingerprint density at radius 1 is 1.55 bits per heavy atom. The highest BCUT2D eigenvalue weighted by Gasteiger charge is 1.95. The number of hydrogen-bond donors (Lipinski definition) is 0. The molecule has 0 heterocycles. The SMILES string of the molecule is CC/C=C\CCOC(=O)CBr. The van der Waals surface area contributed by atoms with Gasteiger partial charge in [0.1, 0.15) is 5.33 Å². The highest BCUT2D eigenvalue weighted by Crippen LogP contribution is 1.90. The van der Waals surface area contributed by atoms with Crippen LogP contribution in [0.2, 0.25) is 0 Å². The van der Waals surface area contributed by atoms with Crippen LogP contribution in [0.5, 0.6) is 0 Å². The van der Waals surface area contributed by atoms with Gasteiger partial charge in [-0.1, -0.05) is 35.0 Å². The topological polar surface area (TPSA) is 26.3 Å². The van der Waals surface area contributed by atoms with Crippen LogP contribution in [0, 0.1) is 0 Å². The van der Waals surface area contributed by atoms with E-state index in [1.165, 1.54) is 0 Å². The molecule has 0 rings (SSSR count). The lowest BCUT2D eigenvalue weighted by molar-refractivity contribution is -0.140. The summed E-state index contributed by atoms with van der Waals surface area (Å²) in [5.41, 5.74) is 0. The Hall–Kier alpha value is -0.310. The lowest BCUT2D eigenvalue weighted by atomic mass is 10.3. The van der Waals surface area contributed by atoms with Crippen LogP contribution in [0.3, 0.4) is 0 Å². The van der Waals surface area contributed by atoms with E-state index in [1.54, 1.807) is 0 Å².